The molecule has 5 nitrogen and oxygen atoms in total. The van der Waals surface area contributed by atoms with E-state index in [4.69, 9.17) is 9.47 Å². The summed E-state index contributed by atoms with van der Waals surface area (Å²) in [7, 11) is 3.35. The summed E-state index contributed by atoms with van der Waals surface area (Å²) in [5, 5.41) is 3.04. The maximum absolute atomic E-state index is 12.4. The Morgan fingerprint density at radius 1 is 1.15 bits per heavy atom. The first kappa shape index (κ1) is 19.2. The molecule has 27 heavy (non-hydrogen) atoms. The fourth-order valence-corrected chi connectivity index (χ4v) is 3.70. The van der Waals surface area contributed by atoms with Gasteiger partial charge in [-0.2, -0.15) is 0 Å². The Kier molecular flexibility index (Phi) is 6.71. The van der Waals surface area contributed by atoms with E-state index < -0.39 is 0 Å². The molecule has 144 valence electrons. The van der Waals surface area contributed by atoms with Gasteiger partial charge in [-0.3, -0.25) is 9.69 Å². The highest BCUT2D eigenvalue weighted by molar-refractivity contribution is 5.78. The number of ether oxygens (including phenoxy) is 2. The van der Waals surface area contributed by atoms with Gasteiger partial charge in [-0.05, 0) is 49.6 Å². The highest BCUT2D eigenvalue weighted by Crippen LogP contribution is 2.38. The first-order valence-corrected chi connectivity index (χ1v) is 9.48. The third-order valence-electron chi connectivity index (χ3n) is 5.08. The third-order valence-corrected chi connectivity index (χ3v) is 5.08. The van der Waals surface area contributed by atoms with Crippen LogP contribution in [-0.4, -0.2) is 44.7 Å². The van der Waals surface area contributed by atoms with Gasteiger partial charge in [0.1, 0.15) is 11.5 Å². The van der Waals surface area contributed by atoms with Crippen LogP contribution in [0.5, 0.6) is 11.5 Å². The van der Waals surface area contributed by atoms with Crippen LogP contribution in [0.4, 0.5) is 0 Å². The molecule has 0 aromatic heterocycles. The summed E-state index contributed by atoms with van der Waals surface area (Å²) < 4.78 is 10.9. The monoisotopic (exact) mass is 368 g/mol. The summed E-state index contributed by atoms with van der Waals surface area (Å²) in [6.07, 6.45) is 2.93. The second kappa shape index (κ2) is 9.42. The van der Waals surface area contributed by atoms with Gasteiger partial charge < -0.3 is 14.8 Å². The third kappa shape index (κ3) is 5.01. The minimum atomic E-state index is 0.0692. The molecule has 2 aromatic carbocycles. The van der Waals surface area contributed by atoms with Crippen molar-refractivity contribution in [1.29, 1.82) is 0 Å². The smallest absolute Gasteiger partial charge is 0.234 e. The second-order valence-corrected chi connectivity index (χ2v) is 6.82. The number of nitrogens with one attached hydrogen (secondary N) is 1. The number of benzene rings is 2. The number of rotatable bonds is 8. The van der Waals surface area contributed by atoms with Crippen LogP contribution in [0.3, 0.4) is 0 Å². The number of nitrogens with zero attached hydrogens (tertiary/aromatic N) is 1. The van der Waals surface area contributed by atoms with E-state index in [-0.39, 0.29) is 11.9 Å². The first-order valence-electron chi connectivity index (χ1n) is 9.48. The lowest BCUT2D eigenvalue weighted by Crippen LogP contribution is -2.37. The number of likely N-dealkylation sites (tertiary alicyclic amines) is 1. The molecule has 0 saturated carbocycles. The van der Waals surface area contributed by atoms with Crippen LogP contribution in [-0.2, 0) is 11.2 Å². The Labute approximate surface area is 161 Å². The molecular formula is C22H28N2O3. The van der Waals surface area contributed by atoms with E-state index in [1.807, 2.05) is 36.4 Å². The van der Waals surface area contributed by atoms with Crippen molar-refractivity contribution in [2.45, 2.75) is 25.3 Å². The van der Waals surface area contributed by atoms with Crippen LogP contribution >= 0.6 is 0 Å². The average molecular weight is 368 g/mol. The minimum absolute atomic E-state index is 0.0692. The molecule has 1 atom stereocenters. The summed E-state index contributed by atoms with van der Waals surface area (Å²) in [5.74, 6) is 1.72. The molecule has 5 heteroatoms. The van der Waals surface area contributed by atoms with Crippen molar-refractivity contribution in [2.75, 3.05) is 33.9 Å². The summed E-state index contributed by atoms with van der Waals surface area (Å²) in [6.45, 7) is 1.97. The van der Waals surface area contributed by atoms with Gasteiger partial charge in [-0.25, -0.2) is 0 Å². The Bertz CT molecular complexity index is 748. The fourth-order valence-electron chi connectivity index (χ4n) is 3.70. The van der Waals surface area contributed by atoms with Gasteiger partial charge in [0.25, 0.3) is 0 Å². The van der Waals surface area contributed by atoms with E-state index in [9.17, 15) is 4.79 Å². The van der Waals surface area contributed by atoms with Crippen LogP contribution in [0.2, 0.25) is 0 Å². The predicted octanol–water partition coefficient (Wildman–Crippen LogP) is 3.20. The Morgan fingerprint density at radius 3 is 2.70 bits per heavy atom. The molecule has 1 aliphatic rings. The maximum Gasteiger partial charge on any atom is 0.234 e. The van der Waals surface area contributed by atoms with Gasteiger partial charge in [0.15, 0.2) is 0 Å². The van der Waals surface area contributed by atoms with Crippen molar-refractivity contribution in [2.24, 2.45) is 0 Å². The van der Waals surface area contributed by atoms with Crippen molar-refractivity contribution >= 4 is 5.91 Å². The Morgan fingerprint density at radius 2 is 1.96 bits per heavy atom. The van der Waals surface area contributed by atoms with Crippen LogP contribution in [0.15, 0.2) is 48.5 Å². The number of amides is 1. The predicted molar refractivity (Wildman–Crippen MR) is 106 cm³/mol. The Balaban J connectivity index is 1.59. The number of methoxy groups -OCH3 is 2. The normalized spacial score (nSPS) is 16.9. The largest absolute Gasteiger partial charge is 0.497 e. The molecule has 0 spiro atoms. The van der Waals surface area contributed by atoms with E-state index in [0.29, 0.717) is 13.1 Å². The van der Waals surface area contributed by atoms with E-state index in [1.165, 1.54) is 5.56 Å². The van der Waals surface area contributed by atoms with E-state index in [1.54, 1.807) is 14.2 Å². The van der Waals surface area contributed by atoms with Crippen LogP contribution in [0.1, 0.15) is 30.0 Å². The summed E-state index contributed by atoms with van der Waals surface area (Å²) in [4.78, 5) is 14.7. The van der Waals surface area contributed by atoms with Gasteiger partial charge >= 0.3 is 0 Å². The van der Waals surface area contributed by atoms with Crippen LogP contribution < -0.4 is 14.8 Å². The molecule has 1 aliphatic heterocycles. The topological polar surface area (TPSA) is 50.8 Å². The molecule has 0 radical (unpaired) electrons. The van der Waals surface area contributed by atoms with Crippen LogP contribution in [0.25, 0.3) is 0 Å². The standard InChI is InChI=1S/C22H28N2O3/c1-26-18-10-11-21(27-2)19(15-18)20-9-6-14-24(20)16-22(25)23-13-12-17-7-4-3-5-8-17/h3-5,7-8,10-11,15,20H,6,9,12-14,16H2,1-2H3,(H,23,25)/t20-/m1/s1. The van der Waals surface area contributed by atoms with Crippen molar-refractivity contribution in [3.8, 4) is 11.5 Å². The zero-order valence-electron chi connectivity index (χ0n) is 16.1. The van der Waals surface area contributed by atoms with Crippen molar-refractivity contribution in [1.82, 2.24) is 10.2 Å². The van der Waals surface area contributed by atoms with E-state index in [0.717, 1.165) is 42.9 Å². The highest BCUT2D eigenvalue weighted by atomic mass is 16.5. The summed E-state index contributed by atoms with van der Waals surface area (Å²) in [6, 6.07) is 16.2. The maximum atomic E-state index is 12.4. The second-order valence-electron chi connectivity index (χ2n) is 6.82. The van der Waals surface area contributed by atoms with E-state index in [2.05, 4.69) is 22.3 Å². The minimum Gasteiger partial charge on any atom is -0.497 e. The zero-order chi connectivity index (χ0) is 19.1. The molecule has 0 aliphatic carbocycles. The van der Waals surface area contributed by atoms with Gasteiger partial charge in [0.05, 0.1) is 20.8 Å². The summed E-state index contributed by atoms with van der Waals surface area (Å²) >= 11 is 0. The quantitative estimate of drug-likeness (QED) is 0.777. The molecule has 0 bridgehead atoms. The van der Waals surface area contributed by atoms with Crippen molar-refractivity contribution < 1.29 is 14.3 Å². The van der Waals surface area contributed by atoms with Crippen molar-refractivity contribution in [3.05, 3.63) is 59.7 Å². The lowest BCUT2D eigenvalue weighted by atomic mass is 10.0. The molecule has 1 amide bonds. The fraction of sp³-hybridized carbons (Fsp3) is 0.409. The van der Waals surface area contributed by atoms with Gasteiger partial charge in [-0.15, -0.1) is 0 Å². The number of carbonyl (C=O) groups is 1. The Hall–Kier alpha value is -2.53. The molecule has 1 heterocycles. The summed E-state index contributed by atoms with van der Waals surface area (Å²) in [5.41, 5.74) is 2.32. The molecule has 1 saturated heterocycles. The molecule has 3 rings (SSSR count). The van der Waals surface area contributed by atoms with Gasteiger partial charge in [0, 0.05) is 18.2 Å². The lowest BCUT2D eigenvalue weighted by Gasteiger charge is -2.26. The zero-order valence-corrected chi connectivity index (χ0v) is 16.1. The molecule has 1 N–H and O–H groups in total. The average Bonchev–Trinajstić information content (AvgIpc) is 3.16. The molecule has 0 unspecified atom stereocenters. The number of hydrogen-bond donors (Lipinski definition) is 1. The van der Waals surface area contributed by atoms with Crippen molar-refractivity contribution in [3.63, 3.8) is 0 Å². The molecule has 1 fully saturated rings. The number of carbonyl (C=O) groups excluding carboxylic acids is 1. The molecular weight excluding hydrogens is 340 g/mol. The molecule has 2 aromatic rings. The number of hydrogen-bond acceptors (Lipinski definition) is 4. The first-order chi connectivity index (χ1) is 13.2. The van der Waals surface area contributed by atoms with E-state index >= 15 is 0 Å². The lowest BCUT2D eigenvalue weighted by molar-refractivity contribution is -0.122. The van der Waals surface area contributed by atoms with Gasteiger partial charge in [0.2, 0.25) is 5.91 Å². The SMILES string of the molecule is COc1ccc(OC)c([C@H]2CCCN2CC(=O)NCCc2ccccc2)c1. The van der Waals surface area contributed by atoms with Crippen LogP contribution in [0, 0.1) is 0 Å². The highest BCUT2D eigenvalue weighted by Gasteiger charge is 2.30. The van der Waals surface area contributed by atoms with Gasteiger partial charge in [-0.1, -0.05) is 30.3 Å².